The summed E-state index contributed by atoms with van der Waals surface area (Å²) in [4.78, 5) is 11.7. The van der Waals surface area contributed by atoms with Crippen LogP contribution in [0.2, 0.25) is 0 Å². The lowest BCUT2D eigenvalue weighted by Crippen LogP contribution is -2.37. The highest BCUT2D eigenvalue weighted by atomic mass is 79.9. The van der Waals surface area contributed by atoms with Gasteiger partial charge in [0.2, 0.25) is 5.91 Å². The Morgan fingerprint density at radius 1 is 1.53 bits per heavy atom. The number of aliphatic hydroxyl groups excluding tert-OH is 1. The summed E-state index contributed by atoms with van der Waals surface area (Å²) in [6.07, 6.45) is 3.69. The number of ether oxygens (including phenoxy) is 1. The third-order valence-electron chi connectivity index (χ3n) is 2.51. The van der Waals surface area contributed by atoms with Crippen molar-refractivity contribution in [1.29, 1.82) is 0 Å². The first-order chi connectivity index (χ1) is 9.17. The molecule has 1 aromatic rings. The van der Waals surface area contributed by atoms with E-state index in [1.807, 2.05) is 24.3 Å². The maximum atomic E-state index is 11.7. The number of nitrogens with one attached hydrogen (secondary N) is 1. The third kappa shape index (κ3) is 6.00. The second kappa shape index (κ2) is 8.85. The molecule has 0 spiro atoms. The van der Waals surface area contributed by atoms with Crippen LogP contribution in [-0.2, 0) is 9.53 Å². The second-order valence-corrected chi connectivity index (χ2v) is 4.88. The van der Waals surface area contributed by atoms with Gasteiger partial charge in [-0.25, -0.2) is 0 Å². The summed E-state index contributed by atoms with van der Waals surface area (Å²) in [6, 6.07) is 7.47. The van der Waals surface area contributed by atoms with Gasteiger partial charge in [-0.1, -0.05) is 34.1 Å². The number of amides is 1. The SMILES string of the molecule is COCC(CCO)NC(=O)/C=C/c1ccccc1Br. The lowest BCUT2D eigenvalue weighted by atomic mass is 10.2. The van der Waals surface area contributed by atoms with Crippen LogP contribution in [0.3, 0.4) is 0 Å². The molecule has 0 aliphatic heterocycles. The van der Waals surface area contributed by atoms with Crippen molar-refractivity contribution in [3.63, 3.8) is 0 Å². The predicted octanol–water partition coefficient (Wildman–Crippen LogP) is 1.98. The van der Waals surface area contributed by atoms with Crippen molar-refractivity contribution in [2.45, 2.75) is 12.5 Å². The van der Waals surface area contributed by atoms with Crippen molar-refractivity contribution >= 4 is 27.9 Å². The van der Waals surface area contributed by atoms with Gasteiger partial charge in [0.1, 0.15) is 0 Å². The summed E-state index contributed by atoms with van der Waals surface area (Å²) in [5.74, 6) is -0.203. The summed E-state index contributed by atoms with van der Waals surface area (Å²) < 4.78 is 5.92. The first kappa shape index (κ1) is 15.9. The van der Waals surface area contributed by atoms with Gasteiger partial charge >= 0.3 is 0 Å². The summed E-state index contributed by atoms with van der Waals surface area (Å²) in [5.41, 5.74) is 0.933. The van der Waals surface area contributed by atoms with Crippen molar-refractivity contribution in [2.24, 2.45) is 0 Å². The highest BCUT2D eigenvalue weighted by molar-refractivity contribution is 9.10. The van der Waals surface area contributed by atoms with Gasteiger partial charge in [-0.3, -0.25) is 4.79 Å². The maximum Gasteiger partial charge on any atom is 0.244 e. The Kier molecular flexibility index (Phi) is 7.40. The lowest BCUT2D eigenvalue weighted by Gasteiger charge is -2.15. The lowest BCUT2D eigenvalue weighted by molar-refractivity contribution is -0.117. The van der Waals surface area contributed by atoms with E-state index in [-0.39, 0.29) is 18.6 Å². The van der Waals surface area contributed by atoms with Crippen LogP contribution in [0.1, 0.15) is 12.0 Å². The Morgan fingerprint density at radius 3 is 2.89 bits per heavy atom. The molecule has 0 aliphatic rings. The minimum Gasteiger partial charge on any atom is -0.396 e. The highest BCUT2D eigenvalue weighted by Gasteiger charge is 2.09. The van der Waals surface area contributed by atoms with Crippen LogP contribution in [0.15, 0.2) is 34.8 Å². The maximum absolute atomic E-state index is 11.7. The molecule has 0 saturated carbocycles. The molecule has 4 nitrogen and oxygen atoms in total. The Balaban J connectivity index is 2.56. The van der Waals surface area contributed by atoms with E-state index in [0.717, 1.165) is 10.0 Å². The van der Waals surface area contributed by atoms with Gasteiger partial charge in [0.25, 0.3) is 0 Å². The largest absolute Gasteiger partial charge is 0.396 e. The first-order valence-corrected chi connectivity index (χ1v) is 6.79. The molecule has 104 valence electrons. The standard InChI is InChI=1S/C14H18BrNO3/c1-19-10-12(8-9-17)16-14(18)7-6-11-4-2-3-5-13(11)15/h2-7,12,17H,8-10H2,1H3,(H,16,18)/b7-6+. The summed E-state index contributed by atoms with van der Waals surface area (Å²) in [5, 5.41) is 11.7. The number of rotatable bonds is 7. The molecule has 1 aromatic carbocycles. The van der Waals surface area contributed by atoms with Gasteiger partial charge in [-0.2, -0.15) is 0 Å². The fourth-order valence-corrected chi connectivity index (χ4v) is 2.00. The minimum absolute atomic E-state index is 0.0161. The van der Waals surface area contributed by atoms with Gasteiger partial charge in [-0.05, 0) is 24.1 Å². The average molecular weight is 328 g/mol. The molecule has 0 radical (unpaired) electrons. The molecule has 19 heavy (non-hydrogen) atoms. The quantitative estimate of drug-likeness (QED) is 0.753. The van der Waals surface area contributed by atoms with Gasteiger partial charge < -0.3 is 15.2 Å². The van der Waals surface area contributed by atoms with E-state index in [2.05, 4.69) is 21.2 Å². The molecular weight excluding hydrogens is 310 g/mol. The van der Waals surface area contributed by atoms with Crippen LogP contribution in [0.5, 0.6) is 0 Å². The zero-order valence-electron chi connectivity index (χ0n) is 10.8. The van der Waals surface area contributed by atoms with E-state index >= 15 is 0 Å². The zero-order valence-corrected chi connectivity index (χ0v) is 12.4. The number of benzene rings is 1. The van der Waals surface area contributed by atoms with Crippen LogP contribution < -0.4 is 5.32 Å². The molecule has 0 heterocycles. The molecule has 0 aromatic heterocycles. The van der Waals surface area contributed by atoms with E-state index in [1.54, 1.807) is 13.2 Å². The second-order valence-electron chi connectivity index (χ2n) is 4.03. The van der Waals surface area contributed by atoms with Crippen LogP contribution in [-0.4, -0.2) is 37.4 Å². The number of carbonyl (C=O) groups excluding carboxylic acids is 1. The Labute approximate surface area is 121 Å². The van der Waals surface area contributed by atoms with E-state index in [0.29, 0.717) is 13.0 Å². The fraction of sp³-hybridized carbons (Fsp3) is 0.357. The molecule has 0 saturated heterocycles. The number of halogens is 1. The molecule has 0 bridgehead atoms. The zero-order chi connectivity index (χ0) is 14.1. The van der Waals surface area contributed by atoms with Crippen molar-refractivity contribution in [2.75, 3.05) is 20.3 Å². The van der Waals surface area contributed by atoms with E-state index < -0.39 is 0 Å². The number of methoxy groups -OCH3 is 1. The molecule has 1 unspecified atom stereocenters. The summed E-state index contributed by atoms with van der Waals surface area (Å²) >= 11 is 3.41. The monoisotopic (exact) mass is 327 g/mol. The summed E-state index contributed by atoms with van der Waals surface area (Å²) in [6.45, 7) is 0.400. The van der Waals surface area contributed by atoms with Crippen LogP contribution >= 0.6 is 15.9 Å². The molecule has 0 aliphatic carbocycles. The first-order valence-electron chi connectivity index (χ1n) is 6.00. The van der Waals surface area contributed by atoms with Crippen LogP contribution in [0.4, 0.5) is 0 Å². The van der Waals surface area contributed by atoms with Gasteiger partial charge in [0.05, 0.1) is 12.6 Å². The van der Waals surface area contributed by atoms with Gasteiger partial charge in [-0.15, -0.1) is 0 Å². The topological polar surface area (TPSA) is 58.6 Å². The third-order valence-corrected chi connectivity index (χ3v) is 3.23. The van der Waals surface area contributed by atoms with Crippen molar-refractivity contribution in [3.05, 3.63) is 40.4 Å². The van der Waals surface area contributed by atoms with Gasteiger partial charge in [0, 0.05) is 24.3 Å². The predicted molar refractivity (Wildman–Crippen MR) is 78.7 cm³/mol. The van der Waals surface area contributed by atoms with E-state index in [1.165, 1.54) is 6.08 Å². The number of carbonyl (C=O) groups is 1. The number of aliphatic hydroxyl groups is 1. The molecule has 1 atom stereocenters. The fourth-order valence-electron chi connectivity index (χ4n) is 1.58. The molecule has 1 amide bonds. The minimum atomic E-state index is -0.203. The summed E-state index contributed by atoms with van der Waals surface area (Å²) in [7, 11) is 1.56. The Bertz CT molecular complexity index is 428. The number of hydrogen-bond acceptors (Lipinski definition) is 3. The molecular formula is C14H18BrNO3. The molecule has 2 N–H and O–H groups in total. The highest BCUT2D eigenvalue weighted by Crippen LogP contribution is 2.16. The van der Waals surface area contributed by atoms with Gasteiger partial charge in [0.15, 0.2) is 0 Å². The van der Waals surface area contributed by atoms with Crippen molar-refractivity contribution in [3.8, 4) is 0 Å². The smallest absolute Gasteiger partial charge is 0.244 e. The number of hydrogen-bond donors (Lipinski definition) is 2. The van der Waals surface area contributed by atoms with Crippen molar-refractivity contribution in [1.82, 2.24) is 5.32 Å². The average Bonchev–Trinajstić information content (AvgIpc) is 2.38. The molecule has 5 heteroatoms. The Hall–Kier alpha value is -1.17. The molecule has 0 fully saturated rings. The Morgan fingerprint density at radius 2 is 2.26 bits per heavy atom. The molecule has 1 rings (SSSR count). The van der Waals surface area contributed by atoms with Crippen LogP contribution in [0, 0.1) is 0 Å². The van der Waals surface area contributed by atoms with E-state index in [9.17, 15) is 4.79 Å². The van der Waals surface area contributed by atoms with Crippen LogP contribution in [0.25, 0.3) is 6.08 Å². The normalized spacial score (nSPS) is 12.6. The van der Waals surface area contributed by atoms with Crippen molar-refractivity contribution < 1.29 is 14.6 Å². The van der Waals surface area contributed by atoms with E-state index in [4.69, 9.17) is 9.84 Å².